The molecule has 1 aliphatic heterocycles. The van der Waals surface area contributed by atoms with Gasteiger partial charge in [-0.15, -0.1) is 0 Å². The molecule has 8 heteroatoms. The monoisotopic (exact) mass is 492 g/mol. The van der Waals surface area contributed by atoms with Crippen LogP contribution in [-0.2, 0) is 9.53 Å². The van der Waals surface area contributed by atoms with E-state index in [9.17, 15) is 9.59 Å². The molecule has 1 unspecified atom stereocenters. The minimum atomic E-state index is -0.762. The van der Waals surface area contributed by atoms with Gasteiger partial charge in [0, 0.05) is 7.05 Å². The Bertz CT molecular complexity index is 1250. The largest absolute Gasteiger partial charge is 0.486 e. The molecule has 0 fully saturated rings. The number of halogens is 1. The molecule has 0 radical (unpaired) electrons. The number of carbonyl (C=O) groups excluding carboxylic acids is 2. The molecule has 4 rings (SSSR count). The van der Waals surface area contributed by atoms with Crippen LogP contribution >= 0.6 is 11.6 Å². The quantitative estimate of drug-likeness (QED) is 0.407. The number of ether oxygens (including phenoxy) is 3. The molecule has 3 aromatic carbocycles. The summed E-state index contributed by atoms with van der Waals surface area (Å²) in [7, 11) is 1.57. The second-order valence-electron chi connectivity index (χ2n) is 7.73. The molecule has 0 spiro atoms. The van der Waals surface area contributed by atoms with Crippen LogP contribution in [0.1, 0.15) is 18.5 Å². The smallest absolute Gasteiger partial charge is 0.338 e. The SMILES string of the molecule is CCOC(=O)C1=C(COc2ccccc2Cl)N(C)C(=O)NC1c1cccc(Oc2ccccc2)c1. The van der Waals surface area contributed by atoms with Crippen molar-refractivity contribution in [2.24, 2.45) is 0 Å². The number of rotatable bonds is 8. The predicted molar refractivity (Wildman–Crippen MR) is 133 cm³/mol. The number of amides is 2. The molecule has 0 aliphatic carbocycles. The van der Waals surface area contributed by atoms with Crippen LogP contribution in [0.2, 0.25) is 5.02 Å². The lowest BCUT2D eigenvalue weighted by Crippen LogP contribution is -2.48. The molecule has 1 atom stereocenters. The molecule has 0 saturated heterocycles. The molecule has 1 N–H and O–H groups in total. The van der Waals surface area contributed by atoms with Crippen molar-refractivity contribution < 1.29 is 23.8 Å². The van der Waals surface area contributed by atoms with Crippen LogP contribution in [0.25, 0.3) is 0 Å². The van der Waals surface area contributed by atoms with Crippen LogP contribution < -0.4 is 14.8 Å². The summed E-state index contributed by atoms with van der Waals surface area (Å²) in [6.07, 6.45) is 0. The fourth-order valence-electron chi connectivity index (χ4n) is 3.72. The van der Waals surface area contributed by atoms with Crippen molar-refractivity contribution in [2.45, 2.75) is 13.0 Å². The maximum Gasteiger partial charge on any atom is 0.338 e. The third-order valence-electron chi connectivity index (χ3n) is 5.44. The van der Waals surface area contributed by atoms with Gasteiger partial charge in [-0.2, -0.15) is 0 Å². The normalized spacial score (nSPS) is 15.5. The van der Waals surface area contributed by atoms with E-state index in [1.807, 2.05) is 42.5 Å². The topological polar surface area (TPSA) is 77.1 Å². The Kier molecular flexibility index (Phi) is 7.57. The van der Waals surface area contributed by atoms with Gasteiger partial charge in [0.05, 0.1) is 28.9 Å². The molecule has 35 heavy (non-hydrogen) atoms. The maximum absolute atomic E-state index is 13.1. The number of hydrogen-bond acceptors (Lipinski definition) is 5. The zero-order valence-electron chi connectivity index (χ0n) is 19.4. The Labute approximate surface area is 208 Å². The number of nitrogens with one attached hydrogen (secondary N) is 1. The summed E-state index contributed by atoms with van der Waals surface area (Å²) in [4.78, 5) is 27.4. The third-order valence-corrected chi connectivity index (χ3v) is 5.76. The Morgan fingerprint density at radius 1 is 1.00 bits per heavy atom. The summed E-state index contributed by atoms with van der Waals surface area (Å²) in [5.41, 5.74) is 1.32. The first-order chi connectivity index (χ1) is 17.0. The molecule has 2 amide bonds. The first-order valence-electron chi connectivity index (χ1n) is 11.1. The molecule has 3 aromatic rings. The fraction of sp³-hybridized carbons (Fsp3) is 0.185. The van der Waals surface area contributed by atoms with E-state index >= 15 is 0 Å². The van der Waals surface area contributed by atoms with Gasteiger partial charge in [0.1, 0.15) is 23.9 Å². The van der Waals surface area contributed by atoms with E-state index in [-0.39, 0.29) is 24.8 Å². The van der Waals surface area contributed by atoms with Crippen LogP contribution in [0.5, 0.6) is 17.2 Å². The third kappa shape index (κ3) is 5.58. The minimum Gasteiger partial charge on any atom is -0.486 e. The van der Waals surface area contributed by atoms with Gasteiger partial charge in [0.25, 0.3) is 0 Å². The molecule has 1 heterocycles. The summed E-state index contributed by atoms with van der Waals surface area (Å²) in [5, 5.41) is 3.32. The van der Waals surface area contributed by atoms with Crippen LogP contribution in [0, 0.1) is 0 Å². The Morgan fingerprint density at radius 3 is 2.46 bits per heavy atom. The van der Waals surface area contributed by atoms with Crippen molar-refractivity contribution in [1.29, 1.82) is 0 Å². The summed E-state index contributed by atoms with van der Waals surface area (Å²) in [6, 6.07) is 22.4. The Morgan fingerprint density at radius 2 is 1.71 bits per heavy atom. The first kappa shape index (κ1) is 24.2. The number of urea groups is 1. The first-order valence-corrected chi connectivity index (χ1v) is 11.5. The number of nitrogens with zero attached hydrogens (tertiary/aromatic N) is 1. The molecular weight excluding hydrogens is 468 g/mol. The van der Waals surface area contributed by atoms with Gasteiger partial charge in [0.15, 0.2) is 0 Å². The maximum atomic E-state index is 13.1. The van der Waals surface area contributed by atoms with Crippen LogP contribution in [0.15, 0.2) is 90.1 Å². The predicted octanol–water partition coefficient (Wildman–Crippen LogP) is 5.72. The molecule has 0 aromatic heterocycles. The number of likely N-dealkylation sites (N-methyl/N-ethyl adjacent to an activating group) is 1. The lowest BCUT2D eigenvalue weighted by molar-refractivity contribution is -0.139. The van der Waals surface area contributed by atoms with Crippen molar-refractivity contribution in [3.8, 4) is 17.2 Å². The molecule has 7 nitrogen and oxygen atoms in total. The van der Waals surface area contributed by atoms with E-state index in [1.165, 1.54) is 4.90 Å². The lowest BCUT2D eigenvalue weighted by Gasteiger charge is -2.34. The minimum absolute atomic E-state index is 0.0570. The molecule has 0 bridgehead atoms. The number of para-hydroxylation sites is 2. The van der Waals surface area contributed by atoms with Gasteiger partial charge in [0.2, 0.25) is 0 Å². The van der Waals surface area contributed by atoms with Gasteiger partial charge in [-0.3, -0.25) is 4.90 Å². The molecule has 1 aliphatic rings. The fourth-order valence-corrected chi connectivity index (χ4v) is 3.91. The highest BCUT2D eigenvalue weighted by Gasteiger charge is 2.37. The highest BCUT2D eigenvalue weighted by Crippen LogP contribution is 2.34. The van der Waals surface area contributed by atoms with Crippen LogP contribution in [-0.4, -0.2) is 37.2 Å². The van der Waals surface area contributed by atoms with E-state index in [1.54, 1.807) is 50.4 Å². The van der Waals surface area contributed by atoms with Gasteiger partial charge < -0.3 is 19.5 Å². The lowest BCUT2D eigenvalue weighted by atomic mass is 9.94. The average molecular weight is 493 g/mol. The number of hydrogen-bond donors (Lipinski definition) is 1. The van der Waals surface area contributed by atoms with Gasteiger partial charge in [-0.25, -0.2) is 9.59 Å². The van der Waals surface area contributed by atoms with Crippen molar-refractivity contribution in [2.75, 3.05) is 20.3 Å². The number of esters is 1. The second-order valence-corrected chi connectivity index (χ2v) is 8.14. The summed E-state index contributed by atoms with van der Waals surface area (Å²) < 4.78 is 17.2. The standard InChI is InChI=1S/C27H25ClN2O5/c1-3-33-26(31)24-22(17-34-23-15-8-7-14-21(23)28)30(2)27(32)29-25(24)18-10-9-13-20(16-18)35-19-11-5-4-6-12-19/h4-16,25H,3,17H2,1-2H3,(H,29,32). The van der Waals surface area contributed by atoms with E-state index < -0.39 is 12.0 Å². The van der Waals surface area contributed by atoms with Crippen molar-refractivity contribution in [3.05, 3.63) is 101 Å². The van der Waals surface area contributed by atoms with Crippen molar-refractivity contribution in [3.63, 3.8) is 0 Å². The van der Waals surface area contributed by atoms with Crippen LogP contribution in [0.4, 0.5) is 4.79 Å². The zero-order chi connectivity index (χ0) is 24.8. The summed E-state index contributed by atoms with van der Waals surface area (Å²) >= 11 is 6.22. The van der Waals surface area contributed by atoms with E-state index in [4.69, 9.17) is 25.8 Å². The second kappa shape index (κ2) is 11.0. The Hall–Kier alpha value is -3.97. The average Bonchev–Trinajstić information content (AvgIpc) is 2.86. The van der Waals surface area contributed by atoms with Crippen molar-refractivity contribution in [1.82, 2.24) is 10.2 Å². The highest BCUT2D eigenvalue weighted by atomic mass is 35.5. The highest BCUT2D eigenvalue weighted by molar-refractivity contribution is 6.32. The summed E-state index contributed by atoms with van der Waals surface area (Å²) in [5.74, 6) is 1.14. The Balaban J connectivity index is 1.72. The number of benzene rings is 3. The van der Waals surface area contributed by atoms with Gasteiger partial charge >= 0.3 is 12.0 Å². The van der Waals surface area contributed by atoms with Gasteiger partial charge in [-0.1, -0.05) is 54.1 Å². The van der Waals surface area contributed by atoms with E-state index in [2.05, 4.69) is 5.32 Å². The molecular formula is C27H25ClN2O5. The molecule has 0 saturated carbocycles. The summed E-state index contributed by atoms with van der Waals surface area (Å²) in [6.45, 7) is 1.86. The number of carbonyl (C=O) groups is 2. The van der Waals surface area contributed by atoms with E-state index in [0.717, 1.165) is 0 Å². The zero-order valence-corrected chi connectivity index (χ0v) is 20.1. The van der Waals surface area contributed by atoms with Gasteiger partial charge in [-0.05, 0) is 48.9 Å². The van der Waals surface area contributed by atoms with Crippen LogP contribution in [0.3, 0.4) is 0 Å². The van der Waals surface area contributed by atoms with Crippen molar-refractivity contribution >= 4 is 23.6 Å². The van der Waals surface area contributed by atoms with E-state index in [0.29, 0.717) is 33.5 Å². The molecule has 180 valence electrons.